The first-order valence-electron chi connectivity index (χ1n) is 7.72. The number of nitrogens with zero attached hydrogens (tertiary/aromatic N) is 2. The fraction of sp³-hybridized carbons (Fsp3) is 0.222. The summed E-state index contributed by atoms with van der Waals surface area (Å²) in [5.41, 5.74) is 2.11. The summed E-state index contributed by atoms with van der Waals surface area (Å²) in [6.45, 7) is 2.56. The van der Waals surface area contributed by atoms with Gasteiger partial charge < -0.3 is 4.90 Å². The first-order chi connectivity index (χ1) is 11.6. The van der Waals surface area contributed by atoms with Gasteiger partial charge in [-0.1, -0.05) is 24.3 Å². The second kappa shape index (κ2) is 6.78. The Labute approximate surface area is 138 Å². The smallest absolute Gasteiger partial charge is 0.228 e. The van der Waals surface area contributed by atoms with E-state index in [-0.39, 0.29) is 18.9 Å². The zero-order valence-electron chi connectivity index (χ0n) is 13.2. The third-order valence-electron chi connectivity index (χ3n) is 3.96. The molecule has 6 heteroatoms. The highest BCUT2D eigenvalue weighted by Crippen LogP contribution is 2.17. The molecule has 1 aromatic heterocycles. The van der Waals surface area contributed by atoms with Gasteiger partial charge in [0.1, 0.15) is 0 Å². The first-order valence-corrected chi connectivity index (χ1v) is 7.72. The van der Waals surface area contributed by atoms with Crippen LogP contribution in [0.15, 0.2) is 42.5 Å². The van der Waals surface area contributed by atoms with Gasteiger partial charge in [-0.25, -0.2) is 8.78 Å². The number of aromatic nitrogens is 2. The summed E-state index contributed by atoms with van der Waals surface area (Å²) < 4.78 is 26.3. The maximum Gasteiger partial charge on any atom is 0.228 e. The van der Waals surface area contributed by atoms with Crippen molar-refractivity contribution >= 4 is 16.8 Å². The molecule has 0 spiro atoms. The van der Waals surface area contributed by atoms with E-state index in [1.54, 1.807) is 4.90 Å². The molecule has 1 amide bonds. The van der Waals surface area contributed by atoms with Crippen LogP contribution in [0.5, 0.6) is 0 Å². The monoisotopic (exact) mass is 329 g/mol. The van der Waals surface area contributed by atoms with Crippen molar-refractivity contribution in [3.63, 3.8) is 0 Å². The Morgan fingerprint density at radius 1 is 1.17 bits per heavy atom. The number of benzene rings is 2. The molecule has 0 bridgehead atoms. The van der Waals surface area contributed by atoms with Crippen LogP contribution >= 0.6 is 0 Å². The molecule has 0 saturated heterocycles. The Morgan fingerprint density at radius 3 is 2.71 bits per heavy atom. The van der Waals surface area contributed by atoms with E-state index in [1.807, 2.05) is 31.2 Å². The summed E-state index contributed by atoms with van der Waals surface area (Å²) in [7, 11) is 0. The molecule has 0 fully saturated rings. The molecule has 0 atom stereocenters. The van der Waals surface area contributed by atoms with E-state index >= 15 is 0 Å². The number of carbonyl (C=O) groups excluding carboxylic acids is 1. The molecule has 0 aliphatic carbocycles. The Bertz CT molecular complexity index is 876. The van der Waals surface area contributed by atoms with Gasteiger partial charge in [0.25, 0.3) is 0 Å². The molecule has 2 aromatic carbocycles. The predicted molar refractivity (Wildman–Crippen MR) is 87.2 cm³/mol. The van der Waals surface area contributed by atoms with E-state index in [0.29, 0.717) is 12.1 Å². The van der Waals surface area contributed by atoms with Crippen LogP contribution in [0.25, 0.3) is 10.9 Å². The second-order valence-corrected chi connectivity index (χ2v) is 5.55. The number of aromatic amines is 1. The lowest BCUT2D eigenvalue weighted by molar-refractivity contribution is -0.130. The largest absolute Gasteiger partial charge is 0.338 e. The van der Waals surface area contributed by atoms with Crippen LogP contribution in [-0.2, 0) is 17.8 Å². The van der Waals surface area contributed by atoms with Crippen LogP contribution in [0, 0.1) is 11.6 Å². The number of hydrogen-bond donors (Lipinski definition) is 1. The molecule has 1 heterocycles. The molecule has 0 radical (unpaired) electrons. The summed E-state index contributed by atoms with van der Waals surface area (Å²) in [6.07, 6.45) is 0.179. The standard InChI is InChI=1S/C18H17F2N3O/c1-2-23(11-12-7-8-14(19)15(20)9-12)18(24)10-17-13-5-3-4-6-16(13)21-22-17/h3-9H,2,10-11H2,1H3,(H,21,22). The summed E-state index contributed by atoms with van der Waals surface area (Å²) in [4.78, 5) is 14.2. The van der Waals surface area contributed by atoms with Crippen LogP contribution in [0.3, 0.4) is 0 Å². The number of halogens is 2. The van der Waals surface area contributed by atoms with Crippen molar-refractivity contribution in [2.24, 2.45) is 0 Å². The molecule has 124 valence electrons. The van der Waals surface area contributed by atoms with Crippen molar-refractivity contribution in [3.8, 4) is 0 Å². The number of likely N-dealkylation sites (N-methyl/N-ethyl adjacent to an activating group) is 1. The molecule has 0 unspecified atom stereocenters. The normalized spacial score (nSPS) is 11.0. The lowest BCUT2D eigenvalue weighted by atomic mass is 10.1. The highest BCUT2D eigenvalue weighted by Gasteiger charge is 2.16. The Balaban J connectivity index is 1.75. The highest BCUT2D eigenvalue weighted by molar-refractivity contribution is 5.87. The molecular weight excluding hydrogens is 312 g/mol. The number of rotatable bonds is 5. The van der Waals surface area contributed by atoms with Crippen LogP contribution in [0.4, 0.5) is 8.78 Å². The van der Waals surface area contributed by atoms with E-state index in [1.165, 1.54) is 6.07 Å². The molecule has 0 aliphatic heterocycles. The van der Waals surface area contributed by atoms with Gasteiger partial charge in [0.05, 0.1) is 17.6 Å². The fourth-order valence-corrected chi connectivity index (χ4v) is 2.65. The lowest BCUT2D eigenvalue weighted by Gasteiger charge is -2.21. The SMILES string of the molecule is CCN(Cc1ccc(F)c(F)c1)C(=O)Cc1[nH]nc2ccccc12. The summed E-state index contributed by atoms with van der Waals surface area (Å²) >= 11 is 0. The van der Waals surface area contributed by atoms with Crippen molar-refractivity contribution in [1.82, 2.24) is 15.1 Å². The number of carbonyl (C=O) groups is 1. The number of H-pyrrole nitrogens is 1. The van der Waals surface area contributed by atoms with Gasteiger partial charge >= 0.3 is 0 Å². The van der Waals surface area contributed by atoms with Gasteiger partial charge in [0, 0.05) is 18.5 Å². The molecule has 0 saturated carbocycles. The average molecular weight is 329 g/mol. The van der Waals surface area contributed by atoms with Crippen LogP contribution in [-0.4, -0.2) is 27.5 Å². The van der Waals surface area contributed by atoms with Crippen molar-refractivity contribution in [3.05, 3.63) is 65.4 Å². The Hall–Kier alpha value is -2.76. The second-order valence-electron chi connectivity index (χ2n) is 5.55. The minimum Gasteiger partial charge on any atom is -0.338 e. The van der Waals surface area contributed by atoms with E-state index in [0.717, 1.165) is 28.7 Å². The van der Waals surface area contributed by atoms with Gasteiger partial charge in [0.2, 0.25) is 5.91 Å². The Morgan fingerprint density at radius 2 is 1.96 bits per heavy atom. The quantitative estimate of drug-likeness (QED) is 0.779. The third-order valence-corrected chi connectivity index (χ3v) is 3.96. The van der Waals surface area contributed by atoms with Gasteiger partial charge in [0.15, 0.2) is 11.6 Å². The Kier molecular flexibility index (Phi) is 4.55. The number of amides is 1. The number of nitrogens with one attached hydrogen (secondary N) is 1. The molecule has 3 rings (SSSR count). The topological polar surface area (TPSA) is 49.0 Å². The zero-order valence-corrected chi connectivity index (χ0v) is 13.2. The predicted octanol–water partition coefficient (Wildman–Crippen LogP) is 3.43. The van der Waals surface area contributed by atoms with Gasteiger partial charge in [-0.2, -0.15) is 5.10 Å². The fourth-order valence-electron chi connectivity index (χ4n) is 2.65. The van der Waals surface area contributed by atoms with Gasteiger partial charge in [-0.05, 0) is 30.7 Å². The number of para-hydroxylation sites is 1. The van der Waals surface area contributed by atoms with Crippen molar-refractivity contribution in [2.75, 3.05) is 6.54 Å². The van der Waals surface area contributed by atoms with Gasteiger partial charge in [-0.15, -0.1) is 0 Å². The molecule has 24 heavy (non-hydrogen) atoms. The molecular formula is C18H17F2N3O. The summed E-state index contributed by atoms with van der Waals surface area (Å²) in [6, 6.07) is 11.2. The van der Waals surface area contributed by atoms with E-state index in [2.05, 4.69) is 10.2 Å². The maximum atomic E-state index is 13.3. The first kappa shape index (κ1) is 16.1. The summed E-state index contributed by atoms with van der Waals surface area (Å²) in [5, 5.41) is 7.98. The number of hydrogen-bond acceptors (Lipinski definition) is 2. The summed E-state index contributed by atoms with van der Waals surface area (Å²) in [5.74, 6) is -1.90. The van der Waals surface area contributed by atoms with E-state index < -0.39 is 11.6 Å². The van der Waals surface area contributed by atoms with E-state index in [4.69, 9.17) is 0 Å². The van der Waals surface area contributed by atoms with Crippen molar-refractivity contribution < 1.29 is 13.6 Å². The third kappa shape index (κ3) is 3.27. The lowest BCUT2D eigenvalue weighted by Crippen LogP contribution is -2.31. The maximum absolute atomic E-state index is 13.3. The van der Waals surface area contributed by atoms with Crippen LogP contribution < -0.4 is 0 Å². The molecule has 4 nitrogen and oxygen atoms in total. The van der Waals surface area contributed by atoms with Crippen LogP contribution in [0.1, 0.15) is 18.2 Å². The highest BCUT2D eigenvalue weighted by atomic mass is 19.2. The average Bonchev–Trinajstić information content (AvgIpc) is 2.99. The van der Waals surface area contributed by atoms with Crippen LogP contribution in [0.2, 0.25) is 0 Å². The molecule has 0 aliphatic rings. The minimum absolute atomic E-state index is 0.100. The molecule has 1 N–H and O–H groups in total. The van der Waals surface area contributed by atoms with Crippen molar-refractivity contribution in [2.45, 2.75) is 19.9 Å². The van der Waals surface area contributed by atoms with Gasteiger partial charge in [-0.3, -0.25) is 9.89 Å². The van der Waals surface area contributed by atoms with E-state index in [9.17, 15) is 13.6 Å². The zero-order chi connectivity index (χ0) is 17.1. The number of fused-ring (bicyclic) bond motifs is 1. The minimum atomic E-state index is -0.907. The van der Waals surface area contributed by atoms with Crippen molar-refractivity contribution in [1.29, 1.82) is 0 Å². The molecule has 3 aromatic rings.